The highest BCUT2D eigenvalue weighted by atomic mass is 15.2. The third-order valence-corrected chi connectivity index (χ3v) is 5.32. The van der Waals surface area contributed by atoms with Gasteiger partial charge in [-0.25, -0.2) is 0 Å². The van der Waals surface area contributed by atoms with E-state index in [1.165, 1.54) is 0 Å². The minimum atomic E-state index is -0.156. The molecule has 2 N–H and O–H groups in total. The Kier molecular flexibility index (Phi) is 5.87. The molecule has 2 aromatic carbocycles. The maximum atomic E-state index is 9.71. The van der Waals surface area contributed by atoms with Gasteiger partial charge in [0.2, 0.25) is 0 Å². The van der Waals surface area contributed by atoms with Crippen LogP contribution in [0, 0.1) is 28.6 Å². The van der Waals surface area contributed by atoms with Crippen LogP contribution in [-0.4, -0.2) is 38.1 Å². The lowest BCUT2D eigenvalue weighted by Crippen LogP contribution is -2.32. The van der Waals surface area contributed by atoms with Gasteiger partial charge in [0.1, 0.15) is 6.07 Å². The highest BCUT2D eigenvalue weighted by molar-refractivity contribution is 5.90. The van der Waals surface area contributed by atoms with Crippen LogP contribution in [0.5, 0.6) is 0 Å². The quantitative estimate of drug-likeness (QED) is 0.630. The second-order valence-corrected chi connectivity index (χ2v) is 8.94. The Morgan fingerprint density at radius 2 is 1.86 bits per heavy atom. The summed E-state index contributed by atoms with van der Waals surface area (Å²) in [5.41, 5.74) is 11.2. The van der Waals surface area contributed by atoms with E-state index in [-0.39, 0.29) is 5.41 Å². The number of hydrogen-bond donors (Lipinski definition) is 1. The van der Waals surface area contributed by atoms with E-state index in [9.17, 15) is 5.26 Å². The molecule has 4 nitrogen and oxygen atoms in total. The van der Waals surface area contributed by atoms with E-state index in [2.05, 4.69) is 74.7 Å². The van der Waals surface area contributed by atoms with Crippen LogP contribution in [0.1, 0.15) is 38.3 Å². The van der Waals surface area contributed by atoms with E-state index < -0.39 is 0 Å². The number of nitriles is 1. The Morgan fingerprint density at radius 3 is 2.41 bits per heavy atom. The SMILES string of the molecule is CN(C)C1CCN(c2c(-c3ccccc3)cc(C#N)c(N)c2C#CC(C)(C)C)C1. The van der Waals surface area contributed by atoms with Crippen LogP contribution < -0.4 is 10.6 Å². The van der Waals surface area contributed by atoms with E-state index in [1.807, 2.05) is 24.3 Å². The van der Waals surface area contributed by atoms with Crippen LogP contribution in [0.4, 0.5) is 11.4 Å². The van der Waals surface area contributed by atoms with Gasteiger partial charge in [-0.15, -0.1) is 0 Å². The molecule has 4 heteroatoms. The van der Waals surface area contributed by atoms with Crippen LogP contribution in [0.2, 0.25) is 0 Å². The highest BCUT2D eigenvalue weighted by Crippen LogP contribution is 2.40. The average molecular weight is 387 g/mol. The van der Waals surface area contributed by atoms with Crippen LogP contribution in [0.15, 0.2) is 36.4 Å². The molecule has 2 aromatic rings. The predicted octanol–water partition coefficient (Wildman–Crippen LogP) is 4.35. The van der Waals surface area contributed by atoms with E-state index in [4.69, 9.17) is 5.73 Å². The standard InChI is InChI=1S/C25H30N4/c1-25(2,3)13-11-21-23(27)19(16-26)15-22(18-9-7-6-8-10-18)24(21)29-14-12-20(17-29)28(4)5/h6-10,15,20H,12,14,17,27H2,1-5H3. The minimum Gasteiger partial charge on any atom is -0.397 e. The largest absolute Gasteiger partial charge is 0.397 e. The summed E-state index contributed by atoms with van der Waals surface area (Å²) in [5, 5.41) is 9.71. The molecule has 0 amide bonds. The van der Waals surface area contributed by atoms with Crippen LogP contribution in [-0.2, 0) is 0 Å². The maximum absolute atomic E-state index is 9.71. The molecule has 0 aliphatic carbocycles. The van der Waals surface area contributed by atoms with Gasteiger partial charge in [0.15, 0.2) is 0 Å². The van der Waals surface area contributed by atoms with E-state index >= 15 is 0 Å². The van der Waals surface area contributed by atoms with Gasteiger partial charge in [0.05, 0.1) is 22.5 Å². The van der Waals surface area contributed by atoms with Gasteiger partial charge < -0.3 is 15.5 Å². The zero-order valence-electron chi connectivity index (χ0n) is 18.1. The lowest BCUT2D eigenvalue weighted by molar-refractivity contribution is 0.315. The van der Waals surface area contributed by atoms with Crippen LogP contribution >= 0.6 is 0 Å². The molecule has 1 aliphatic heterocycles. The summed E-state index contributed by atoms with van der Waals surface area (Å²) in [7, 11) is 4.25. The monoisotopic (exact) mass is 386 g/mol. The third-order valence-electron chi connectivity index (χ3n) is 5.32. The molecule has 1 unspecified atom stereocenters. The first-order valence-electron chi connectivity index (χ1n) is 10.1. The molecule has 29 heavy (non-hydrogen) atoms. The van der Waals surface area contributed by atoms with Gasteiger partial charge in [-0.2, -0.15) is 5.26 Å². The molecule has 1 atom stereocenters. The van der Waals surface area contributed by atoms with E-state index in [1.54, 1.807) is 0 Å². The van der Waals surface area contributed by atoms with E-state index in [0.29, 0.717) is 17.3 Å². The van der Waals surface area contributed by atoms with Gasteiger partial charge >= 0.3 is 0 Å². The number of likely N-dealkylation sites (N-methyl/N-ethyl adjacent to an activating group) is 1. The Hall–Kier alpha value is -2.95. The first-order chi connectivity index (χ1) is 13.7. The summed E-state index contributed by atoms with van der Waals surface area (Å²) in [6.07, 6.45) is 1.09. The summed E-state index contributed by atoms with van der Waals surface area (Å²) >= 11 is 0. The fourth-order valence-electron chi connectivity index (χ4n) is 3.69. The van der Waals surface area contributed by atoms with Gasteiger partial charge in [-0.1, -0.05) is 42.2 Å². The second-order valence-electron chi connectivity index (χ2n) is 8.94. The van der Waals surface area contributed by atoms with Crippen LogP contribution in [0.25, 0.3) is 11.1 Å². The molecule has 1 saturated heterocycles. The van der Waals surface area contributed by atoms with Crippen molar-refractivity contribution in [2.45, 2.75) is 33.2 Å². The van der Waals surface area contributed by atoms with Crippen molar-refractivity contribution in [3.63, 3.8) is 0 Å². The molecule has 150 valence electrons. The fourth-order valence-corrected chi connectivity index (χ4v) is 3.69. The first kappa shape index (κ1) is 20.8. The molecule has 0 bridgehead atoms. The van der Waals surface area contributed by atoms with Crippen molar-refractivity contribution in [1.29, 1.82) is 5.26 Å². The van der Waals surface area contributed by atoms with Crippen molar-refractivity contribution >= 4 is 11.4 Å². The van der Waals surface area contributed by atoms with Crippen molar-refractivity contribution < 1.29 is 0 Å². The molecular formula is C25H30N4. The Balaban J connectivity index is 2.27. The summed E-state index contributed by atoms with van der Waals surface area (Å²) < 4.78 is 0. The van der Waals surface area contributed by atoms with Crippen molar-refractivity contribution in [2.75, 3.05) is 37.8 Å². The van der Waals surface area contributed by atoms with Gasteiger partial charge in [0, 0.05) is 30.1 Å². The van der Waals surface area contributed by atoms with E-state index in [0.717, 1.165) is 41.9 Å². The molecular weight excluding hydrogens is 356 g/mol. The minimum absolute atomic E-state index is 0.156. The maximum Gasteiger partial charge on any atom is 0.101 e. The lowest BCUT2D eigenvalue weighted by Gasteiger charge is -2.27. The zero-order valence-corrected chi connectivity index (χ0v) is 18.1. The van der Waals surface area contributed by atoms with Crippen molar-refractivity contribution in [2.24, 2.45) is 5.41 Å². The summed E-state index contributed by atoms with van der Waals surface area (Å²) in [6.45, 7) is 8.11. The van der Waals surface area contributed by atoms with Crippen molar-refractivity contribution in [3.05, 3.63) is 47.5 Å². The molecule has 1 fully saturated rings. The Labute approximate surface area is 174 Å². The molecule has 0 aromatic heterocycles. The Bertz CT molecular complexity index is 982. The second kappa shape index (κ2) is 8.19. The molecule has 0 saturated carbocycles. The normalized spacial score (nSPS) is 16.4. The molecule has 1 aliphatic rings. The zero-order chi connectivity index (χ0) is 21.2. The number of hydrogen-bond acceptors (Lipinski definition) is 4. The number of rotatable bonds is 3. The fraction of sp³-hybridized carbons (Fsp3) is 0.400. The topological polar surface area (TPSA) is 56.3 Å². The highest BCUT2D eigenvalue weighted by Gasteiger charge is 2.29. The molecule has 0 radical (unpaired) electrons. The number of benzene rings is 2. The number of nitrogens with two attached hydrogens (primary N) is 1. The van der Waals surface area contributed by atoms with Crippen molar-refractivity contribution in [3.8, 4) is 29.0 Å². The van der Waals surface area contributed by atoms with Gasteiger partial charge in [0.25, 0.3) is 0 Å². The van der Waals surface area contributed by atoms with Gasteiger partial charge in [-0.3, -0.25) is 0 Å². The predicted molar refractivity (Wildman–Crippen MR) is 122 cm³/mol. The number of nitrogens with zero attached hydrogens (tertiary/aromatic N) is 3. The molecule has 1 heterocycles. The lowest BCUT2D eigenvalue weighted by atomic mass is 9.92. The molecule has 3 rings (SSSR count). The average Bonchev–Trinajstić information content (AvgIpc) is 3.16. The number of anilines is 2. The summed E-state index contributed by atoms with van der Waals surface area (Å²) in [6, 6.07) is 14.9. The summed E-state index contributed by atoms with van der Waals surface area (Å²) in [4.78, 5) is 4.66. The third kappa shape index (κ3) is 4.56. The van der Waals surface area contributed by atoms with Gasteiger partial charge in [-0.05, 0) is 52.9 Å². The smallest absolute Gasteiger partial charge is 0.101 e. The summed E-state index contributed by atoms with van der Waals surface area (Å²) in [5.74, 6) is 6.68. The number of nitrogen functional groups attached to an aromatic ring is 1. The van der Waals surface area contributed by atoms with Crippen molar-refractivity contribution in [1.82, 2.24) is 4.90 Å². The first-order valence-corrected chi connectivity index (χ1v) is 10.1. The van der Waals surface area contributed by atoms with Crippen LogP contribution in [0.3, 0.4) is 0 Å². The Morgan fingerprint density at radius 1 is 1.17 bits per heavy atom. The molecule has 0 spiro atoms.